The van der Waals surface area contributed by atoms with E-state index in [1.54, 1.807) is 14.2 Å². The van der Waals surface area contributed by atoms with E-state index in [2.05, 4.69) is 12.2 Å². The molecule has 0 radical (unpaired) electrons. The van der Waals surface area contributed by atoms with Crippen LogP contribution in [-0.4, -0.2) is 20.8 Å². The van der Waals surface area contributed by atoms with Crippen LogP contribution in [0.15, 0.2) is 18.2 Å². The van der Waals surface area contributed by atoms with Gasteiger partial charge in [-0.25, -0.2) is 0 Å². The summed E-state index contributed by atoms with van der Waals surface area (Å²) < 4.78 is 11.1. The van der Waals surface area contributed by atoms with Crippen LogP contribution in [0.2, 0.25) is 0 Å². The van der Waals surface area contributed by atoms with E-state index in [0.717, 1.165) is 36.8 Å². The molecule has 1 unspecified atom stereocenters. The van der Waals surface area contributed by atoms with Gasteiger partial charge in [0.2, 0.25) is 0 Å². The minimum atomic E-state index is 0.321. The summed E-state index contributed by atoms with van der Waals surface area (Å²) in [4.78, 5) is 0. The molecule has 3 nitrogen and oxygen atoms in total. The second-order valence-electron chi connectivity index (χ2n) is 5.60. The highest BCUT2D eigenvalue weighted by atomic mass is 16.5. The maximum Gasteiger partial charge on any atom is 0.127 e. The number of ether oxygens (including phenoxy) is 2. The molecule has 1 atom stereocenters. The Morgan fingerprint density at radius 1 is 1.20 bits per heavy atom. The molecule has 20 heavy (non-hydrogen) atoms. The molecule has 0 saturated heterocycles. The van der Waals surface area contributed by atoms with E-state index in [-0.39, 0.29) is 0 Å². The summed E-state index contributed by atoms with van der Waals surface area (Å²) in [6.45, 7) is 3.22. The number of methoxy groups -OCH3 is 2. The van der Waals surface area contributed by atoms with Gasteiger partial charge in [-0.1, -0.05) is 25.8 Å². The van der Waals surface area contributed by atoms with E-state index in [0.29, 0.717) is 6.04 Å². The third-order valence-corrected chi connectivity index (χ3v) is 4.02. The first-order valence-corrected chi connectivity index (χ1v) is 7.74. The maximum absolute atomic E-state index is 5.55. The monoisotopic (exact) mass is 277 g/mol. The third-order valence-electron chi connectivity index (χ3n) is 4.02. The van der Waals surface area contributed by atoms with Crippen molar-refractivity contribution in [1.29, 1.82) is 0 Å². The summed E-state index contributed by atoms with van der Waals surface area (Å²) in [5.41, 5.74) is 1.17. The number of hydrogen-bond acceptors (Lipinski definition) is 3. The van der Waals surface area contributed by atoms with E-state index < -0.39 is 0 Å². The Balaban J connectivity index is 2.19. The van der Waals surface area contributed by atoms with E-state index in [1.807, 2.05) is 18.2 Å². The molecule has 0 spiro atoms. The van der Waals surface area contributed by atoms with Crippen molar-refractivity contribution < 1.29 is 9.47 Å². The van der Waals surface area contributed by atoms with Crippen LogP contribution in [0, 0.1) is 5.92 Å². The topological polar surface area (TPSA) is 30.5 Å². The predicted molar refractivity (Wildman–Crippen MR) is 82.5 cm³/mol. The predicted octanol–water partition coefficient (Wildman–Crippen LogP) is 3.93. The molecular weight excluding hydrogens is 250 g/mol. The molecule has 112 valence electrons. The SMILES string of the molecule is CCCNC(CCC1CC1)c1c(OC)cccc1OC. The highest BCUT2D eigenvalue weighted by Gasteiger charge is 2.25. The van der Waals surface area contributed by atoms with Crippen LogP contribution in [0.1, 0.15) is 50.6 Å². The Morgan fingerprint density at radius 2 is 1.85 bits per heavy atom. The van der Waals surface area contributed by atoms with Gasteiger partial charge in [0, 0.05) is 6.04 Å². The second-order valence-corrected chi connectivity index (χ2v) is 5.60. The Hall–Kier alpha value is -1.22. The summed E-state index contributed by atoms with van der Waals surface area (Å²) in [5, 5.41) is 3.66. The Bertz CT molecular complexity index is 393. The van der Waals surface area contributed by atoms with Gasteiger partial charge in [0.25, 0.3) is 0 Å². The molecule has 1 aliphatic carbocycles. The van der Waals surface area contributed by atoms with E-state index in [4.69, 9.17) is 9.47 Å². The molecule has 1 fully saturated rings. The lowest BCUT2D eigenvalue weighted by molar-refractivity contribution is 0.362. The second kappa shape index (κ2) is 7.53. The molecular formula is C17H27NO2. The summed E-state index contributed by atoms with van der Waals surface area (Å²) in [6.07, 6.45) is 6.40. The lowest BCUT2D eigenvalue weighted by Gasteiger charge is -2.23. The van der Waals surface area contributed by atoms with Gasteiger partial charge in [0.1, 0.15) is 11.5 Å². The van der Waals surface area contributed by atoms with Crippen molar-refractivity contribution >= 4 is 0 Å². The van der Waals surface area contributed by atoms with Crippen LogP contribution >= 0.6 is 0 Å². The van der Waals surface area contributed by atoms with Crippen LogP contribution in [0.5, 0.6) is 11.5 Å². The van der Waals surface area contributed by atoms with Gasteiger partial charge >= 0.3 is 0 Å². The average molecular weight is 277 g/mol. The highest BCUT2D eigenvalue weighted by molar-refractivity contribution is 5.47. The lowest BCUT2D eigenvalue weighted by atomic mass is 9.98. The van der Waals surface area contributed by atoms with E-state index in [9.17, 15) is 0 Å². The Kier molecular flexibility index (Phi) is 5.72. The van der Waals surface area contributed by atoms with Crippen LogP contribution in [0.3, 0.4) is 0 Å². The Labute approximate surface area is 122 Å². The molecule has 0 aliphatic heterocycles. The fraction of sp³-hybridized carbons (Fsp3) is 0.647. The summed E-state index contributed by atoms with van der Waals surface area (Å²) >= 11 is 0. The average Bonchev–Trinajstić information content (AvgIpc) is 3.31. The molecule has 0 heterocycles. The molecule has 0 aromatic heterocycles. The molecule has 1 N–H and O–H groups in total. The highest BCUT2D eigenvalue weighted by Crippen LogP contribution is 2.40. The molecule has 1 aromatic carbocycles. The van der Waals surface area contributed by atoms with Crippen molar-refractivity contribution in [2.45, 2.75) is 45.1 Å². The molecule has 3 heteroatoms. The standard InChI is InChI=1S/C17H27NO2/c1-4-12-18-14(11-10-13-8-9-13)17-15(19-2)6-5-7-16(17)20-3/h5-7,13-14,18H,4,8-12H2,1-3H3. The summed E-state index contributed by atoms with van der Waals surface area (Å²) in [7, 11) is 3.46. The van der Waals surface area contributed by atoms with Crippen LogP contribution in [-0.2, 0) is 0 Å². The first-order valence-electron chi connectivity index (χ1n) is 7.74. The quantitative estimate of drug-likeness (QED) is 0.741. The molecule has 1 aromatic rings. The van der Waals surface area contributed by atoms with Crippen molar-refractivity contribution in [2.75, 3.05) is 20.8 Å². The first kappa shape index (κ1) is 15.2. The lowest BCUT2D eigenvalue weighted by Crippen LogP contribution is -2.23. The normalized spacial score (nSPS) is 15.9. The summed E-state index contributed by atoms with van der Waals surface area (Å²) in [6, 6.07) is 6.35. The first-order chi connectivity index (χ1) is 9.80. The minimum absolute atomic E-state index is 0.321. The van der Waals surface area contributed by atoms with Crippen molar-refractivity contribution in [3.05, 3.63) is 23.8 Å². The van der Waals surface area contributed by atoms with Crippen molar-refractivity contribution in [3.8, 4) is 11.5 Å². The van der Waals surface area contributed by atoms with Gasteiger partial charge in [-0.05, 0) is 43.9 Å². The number of nitrogens with one attached hydrogen (secondary N) is 1. The number of rotatable bonds is 9. The molecule has 1 saturated carbocycles. The van der Waals surface area contributed by atoms with Gasteiger partial charge in [-0.2, -0.15) is 0 Å². The van der Waals surface area contributed by atoms with Gasteiger partial charge in [0.15, 0.2) is 0 Å². The van der Waals surface area contributed by atoms with Gasteiger partial charge in [-0.3, -0.25) is 0 Å². The third kappa shape index (κ3) is 3.89. The number of benzene rings is 1. The van der Waals surface area contributed by atoms with Crippen molar-refractivity contribution in [3.63, 3.8) is 0 Å². The van der Waals surface area contributed by atoms with Crippen LogP contribution in [0.4, 0.5) is 0 Å². The van der Waals surface area contributed by atoms with Crippen molar-refractivity contribution in [1.82, 2.24) is 5.32 Å². The summed E-state index contributed by atoms with van der Waals surface area (Å²) in [5.74, 6) is 2.80. The largest absolute Gasteiger partial charge is 0.496 e. The molecule has 1 aliphatic rings. The zero-order valence-corrected chi connectivity index (χ0v) is 12.9. The minimum Gasteiger partial charge on any atom is -0.496 e. The van der Waals surface area contributed by atoms with Crippen LogP contribution in [0.25, 0.3) is 0 Å². The van der Waals surface area contributed by atoms with E-state index in [1.165, 1.54) is 24.8 Å². The maximum atomic E-state index is 5.55. The molecule has 0 amide bonds. The van der Waals surface area contributed by atoms with Gasteiger partial charge in [-0.15, -0.1) is 0 Å². The zero-order chi connectivity index (χ0) is 14.4. The van der Waals surface area contributed by atoms with E-state index >= 15 is 0 Å². The van der Waals surface area contributed by atoms with Crippen molar-refractivity contribution in [2.24, 2.45) is 5.92 Å². The smallest absolute Gasteiger partial charge is 0.127 e. The fourth-order valence-electron chi connectivity index (χ4n) is 2.70. The van der Waals surface area contributed by atoms with Gasteiger partial charge in [0.05, 0.1) is 19.8 Å². The fourth-order valence-corrected chi connectivity index (χ4v) is 2.70. The van der Waals surface area contributed by atoms with Gasteiger partial charge < -0.3 is 14.8 Å². The molecule has 0 bridgehead atoms. The molecule has 2 rings (SSSR count). The Morgan fingerprint density at radius 3 is 2.35 bits per heavy atom. The van der Waals surface area contributed by atoms with Crippen LogP contribution < -0.4 is 14.8 Å². The zero-order valence-electron chi connectivity index (χ0n) is 12.9. The number of hydrogen-bond donors (Lipinski definition) is 1.